The van der Waals surface area contributed by atoms with Crippen LogP contribution >= 0.6 is 51.5 Å². The number of thiocarbonyl (C=S) groups is 1. The summed E-state index contributed by atoms with van der Waals surface area (Å²) in [7, 11) is 0. The van der Waals surface area contributed by atoms with Crippen LogP contribution in [0.15, 0.2) is 22.7 Å². The van der Waals surface area contributed by atoms with Gasteiger partial charge in [-0.2, -0.15) is 11.8 Å². The smallest absolute Gasteiger partial charge is 0.255 e. The fraction of sp³-hybridized carbons (Fsp3) is 0.429. The summed E-state index contributed by atoms with van der Waals surface area (Å²) in [5, 5.41) is 0.457. The standard InChI is InChI=1S/C14H16BrClN2OS2/c1-21-14(13(17)20)5-7-18(8-6-14)12(19)9-3-2-4-10(15)11(9)16/h2-4H,5-8H2,1H3,(H2,17,20). The number of carbonyl (C=O) groups is 1. The first-order chi connectivity index (χ1) is 9.91. The molecular formula is C14H16BrClN2OS2. The van der Waals surface area contributed by atoms with E-state index in [1.54, 1.807) is 17.8 Å². The summed E-state index contributed by atoms with van der Waals surface area (Å²) in [5.41, 5.74) is 6.40. The summed E-state index contributed by atoms with van der Waals surface area (Å²) in [6.07, 6.45) is 3.57. The van der Waals surface area contributed by atoms with Gasteiger partial charge in [0, 0.05) is 17.6 Å². The summed E-state index contributed by atoms with van der Waals surface area (Å²) in [6.45, 7) is 1.28. The number of amides is 1. The maximum Gasteiger partial charge on any atom is 0.255 e. The van der Waals surface area contributed by atoms with Gasteiger partial charge in [-0.25, -0.2) is 0 Å². The van der Waals surface area contributed by atoms with Gasteiger partial charge in [0.05, 0.1) is 20.3 Å². The molecule has 0 unspecified atom stereocenters. The Morgan fingerprint density at radius 2 is 2.10 bits per heavy atom. The first-order valence-electron chi connectivity index (χ1n) is 6.49. The molecule has 0 spiro atoms. The quantitative estimate of drug-likeness (QED) is 0.776. The molecule has 7 heteroatoms. The first kappa shape index (κ1) is 17.1. The van der Waals surface area contributed by atoms with Gasteiger partial charge in [-0.05, 0) is 47.2 Å². The van der Waals surface area contributed by atoms with Crippen molar-refractivity contribution in [2.24, 2.45) is 5.73 Å². The van der Waals surface area contributed by atoms with Crippen molar-refractivity contribution >= 4 is 62.4 Å². The molecule has 114 valence electrons. The number of rotatable bonds is 3. The zero-order valence-electron chi connectivity index (χ0n) is 11.6. The molecule has 0 bridgehead atoms. The zero-order valence-corrected chi connectivity index (χ0v) is 15.5. The Morgan fingerprint density at radius 1 is 1.48 bits per heavy atom. The Hall–Kier alpha value is -0.300. The van der Waals surface area contributed by atoms with Crippen LogP contribution in [0.2, 0.25) is 5.02 Å². The molecule has 1 heterocycles. The number of nitrogens with zero attached hydrogens (tertiary/aromatic N) is 1. The topological polar surface area (TPSA) is 46.3 Å². The molecule has 2 rings (SSSR count). The van der Waals surface area contributed by atoms with Crippen molar-refractivity contribution in [3.63, 3.8) is 0 Å². The van der Waals surface area contributed by atoms with Crippen LogP contribution in [0.5, 0.6) is 0 Å². The lowest BCUT2D eigenvalue weighted by Gasteiger charge is -2.40. The molecule has 21 heavy (non-hydrogen) atoms. The Bertz CT molecular complexity index is 574. The highest BCUT2D eigenvalue weighted by Gasteiger charge is 2.38. The number of thioether (sulfide) groups is 1. The second-order valence-corrected chi connectivity index (χ2v) is 7.82. The van der Waals surface area contributed by atoms with Gasteiger partial charge >= 0.3 is 0 Å². The van der Waals surface area contributed by atoms with Crippen LogP contribution in [-0.4, -0.2) is 39.9 Å². The summed E-state index contributed by atoms with van der Waals surface area (Å²) < 4.78 is 0.543. The molecule has 0 saturated carbocycles. The lowest BCUT2D eigenvalue weighted by atomic mass is 9.95. The second kappa shape index (κ2) is 6.86. The Balaban J connectivity index is 2.14. The van der Waals surface area contributed by atoms with Crippen LogP contribution in [0.25, 0.3) is 0 Å². The molecule has 1 amide bonds. The molecular weight excluding hydrogens is 392 g/mol. The summed E-state index contributed by atoms with van der Waals surface area (Å²) in [4.78, 5) is 14.9. The fourth-order valence-electron chi connectivity index (χ4n) is 2.46. The molecule has 1 aromatic carbocycles. The van der Waals surface area contributed by atoms with E-state index in [4.69, 9.17) is 29.6 Å². The molecule has 0 atom stereocenters. The Labute approximate surface area is 147 Å². The summed E-state index contributed by atoms with van der Waals surface area (Å²) in [5.74, 6) is -0.0426. The van der Waals surface area contributed by atoms with Gasteiger partial charge in [-0.15, -0.1) is 0 Å². The monoisotopic (exact) mass is 406 g/mol. The largest absolute Gasteiger partial charge is 0.392 e. The second-order valence-electron chi connectivity index (χ2n) is 4.96. The lowest BCUT2D eigenvalue weighted by Crippen LogP contribution is -2.50. The van der Waals surface area contributed by atoms with E-state index < -0.39 is 0 Å². The maximum atomic E-state index is 12.6. The van der Waals surface area contributed by atoms with E-state index in [9.17, 15) is 4.79 Å². The highest BCUT2D eigenvalue weighted by atomic mass is 79.9. The van der Waals surface area contributed by atoms with Crippen molar-refractivity contribution in [2.45, 2.75) is 17.6 Å². The van der Waals surface area contributed by atoms with Crippen molar-refractivity contribution in [1.82, 2.24) is 4.90 Å². The molecule has 1 aromatic rings. The highest BCUT2D eigenvalue weighted by Crippen LogP contribution is 2.36. The van der Waals surface area contributed by atoms with Crippen molar-refractivity contribution < 1.29 is 4.79 Å². The number of hydrogen-bond acceptors (Lipinski definition) is 3. The summed E-state index contributed by atoms with van der Waals surface area (Å²) in [6, 6.07) is 5.38. The van der Waals surface area contributed by atoms with Crippen LogP contribution < -0.4 is 5.73 Å². The minimum Gasteiger partial charge on any atom is -0.392 e. The molecule has 0 radical (unpaired) electrons. The van der Waals surface area contributed by atoms with E-state index in [-0.39, 0.29) is 10.7 Å². The number of likely N-dealkylation sites (tertiary alicyclic amines) is 1. The third kappa shape index (κ3) is 3.38. The van der Waals surface area contributed by atoms with Crippen LogP contribution in [-0.2, 0) is 0 Å². The molecule has 0 aromatic heterocycles. The van der Waals surface area contributed by atoms with Crippen molar-refractivity contribution in [3.05, 3.63) is 33.3 Å². The van der Waals surface area contributed by atoms with Gasteiger partial charge in [-0.3, -0.25) is 4.79 Å². The number of hydrogen-bond donors (Lipinski definition) is 1. The molecule has 2 N–H and O–H groups in total. The van der Waals surface area contributed by atoms with Crippen LogP contribution in [0.4, 0.5) is 0 Å². The van der Waals surface area contributed by atoms with E-state index >= 15 is 0 Å². The van der Waals surface area contributed by atoms with E-state index in [0.717, 1.165) is 17.3 Å². The number of piperidine rings is 1. The van der Waals surface area contributed by atoms with Crippen LogP contribution in [0.1, 0.15) is 23.2 Å². The van der Waals surface area contributed by atoms with Gasteiger partial charge in [0.1, 0.15) is 0 Å². The average Bonchev–Trinajstić information content (AvgIpc) is 2.49. The number of nitrogens with two attached hydrogens (primary N) is 1. The predicted octanol–water partition coefficient (Wildman–Crippen LogP) is 3.73. The number of halogens is 2. The predicted molar refractivity (Wildman–Crippen MR) is 97.3 cm³/mol. The molecule has 1 saturated heterocycles. The molecule has 1 fully saturated rings. The van der Waals surface area contributed by atoms with Crippen molar-refractivity contribution in [1.29, 1.82) is 0 Å². The number of benzene rings is 1. The normalized spacial score (nSPS) is 17.6. The Morgan fingerprint density at radius 3 is 2.62 bits per heavy atom. The molecule has 3 nitrogen and oxygen atoms in total. The van der Waals surface area contributed by atoms with Crippen LogP contribution in [0, 0.1) is 0 Å². The summed E-state index contributed by atoms with van der Waals surface area (Å²) >= 11 is 16.4. The van der Waals surface area contributed by atoms with Crippen molar-refractivity contribution in [3.8, 4) is 0 Å². The fourth-order valence-corrected chi connectivity index (χ4v) is 4.28. The lowest BCUT2D eigenvalue weighted by molar-refractivity contribution is 0.0719. The SMILES string of the molecule is CSC1(C(N)=S)CCN(C(=O)c2cccc(Br)c2Cl)CC1. The highest BCUT2D eigenvalue weighted by molar-refractivity contribution is 9.10. The van der Waals surface area contributed by atoms with Gasteiger partial charge < -0.3 is 10.6 Å². The third-order valence-corrected chi connectivity index (χ3v) is 7.11. The van der Waals surface area contributed by atoms with E-state index in [0.29, 0.717) is 28.7 Å². The van der Waals surface area contributed by atoms with Gasteiger partial charge in [-0.1, -0.05) is 29.9 Å². The Kier molecular flexibility index (Phi) is 5.57. The van der Waals surface area contributed by atoms with E-state index in [2.05, 4.69) is 15.9 Å². The van der Waals surface area contributed by atoms with E-state index in [1.807, 2.05) is 23.3 Å². The van der Waals surface area contributed by atoms with Gasteiger partial charge in [0.2, 0.25) is 0 Å². The molecule has 1 aliphatic rings. The molecule has 1 aliphatic heterocycles. The van der Waals surface area contributed by atoms with Crippen molar-refractivity contribution in [2.75, 3.05) is 19.3 Å². The number of carbonyl (C=O) groups excluding carboxylic acids is 1. The maximum absolute atomic E-state index is 12.6. The van der Waals surface area contributed by atoms with E-state index in [1.165, 1.54) is 0 Å². The zero-order chi connectivity index (χ0) is 15.6. The van der Waals surface area contributed by atoms with Gasteiger partial charge in [0.25, 0.3) is 5.91 Å². The third-order valence-electron chi connectivity index (χ3n) is 3.88. The van der Waals surface area contributed by atoms with Crippen LogP contribution in [0.3, 0.4) is 0 Å². The average molecular weight is 408 g/mol. The minimum absolute atomic E-state index is 0.0426. The van der Waals surface area contributed by atoms with Gasteiger partial charge in [0.15, 0.2) is 0 Å². The first-order valence-corrected chi connectivity index (χ1v) is 9.30. The molecule has 0 aliphatic carbocycles. The minimum atomic E-state index is -0.187.